The van der Waals surface area contributed by atoms with Crippen molar-refractivity contribution >= 4 is 16.6 Å². The van der Waals surface area contributed by atoms with Crippen molar-refractivity contribution in [1.82, 2.24) is 4.98 Å². The molecule has 21 heavy (non-hydrogen) atoms. The van der Waals surface area contributed by atoms with Crippen LogP contribution in [-0.4, -0.2) is 18.1 Å². The molecule has 3 heteroatoms. The standard InChI is InChI=1S/C18H27N3/c1-3-5-11-21(12-6-4-2)18-17-10-8-7-9-16(17)15(13-19)14-20-18/h7-10,14H,3-6,11-13,19H2,1-2H3. The lowest BCUT2D eigenvalue weighted by atomic mass is 10.1. The molecule has 1 heterocycles. The number of fused-ring (bicyclic) bond motifs is 1. The second-order valence-electron chi connectivity index (χ2n) is 5.55. The molecule has 1 aromatic carbocycles. The van der Waals surface area contributed by atoms with Crippen molar-refractivity contribution in [3.05, 3.63) is 36.0 Å². The van der Waals surface area contributed by atoms with Gasteiger partial charge in [0, 0.05) is 31.2 Å². The van der Waals surface area contributed by atoms with Crippen LogP contribution in [0.25, 0.3) is 10.8 Å². The van der Waals surface area contributed by atoms with Gasteiger partial charge in [0.1, 0.15) is 5.82 Å². The summed E-state index contributed by atoms with van der Waals surface area (Å²) < 4.78 is 0. The van der Waals surface area contributed by atoms with Crippen molar-refractivity contribution in [2.24, 2.45) is 5.73 Å². The molecule has 0 spiro atoms. The van der Waals surface area contributed by atoms with Gasteiger partial charge in [0.25, 0.3) is 0 Å². The summed E-state index contributed by atoms with van der Waals surface area (Å²) in [6, 6.07) is 8.49. The molecule has 114 valence electrons. The van der Waals surface area contributed by atoms with E-state index in [2.05, 4.69) is 43.0 Å². The van der Waals surface area contributed by atoms with Gasteiger partial charge in [0.05, 0.1) is 0 Å². The third kappa shape index (κ3) is 3.73. The summed E-state index contributed by atoms with van der Waals surface area (Å²) in [6.07, 6.45) is 6.78. The van der Waals surface area contributed by atoms with Crippen molar-refractivity contribution in [3.63, 3.8) is 0 Å². The Morgan fingerprint density at radius 3 is 2.19 bits per heavy atom. The van der Waals surface area contributed by atoms with Crippen molar-refractivity contribution in [2.75, 3.05) is 18.0 Å². The van der Waals surface area contributed by atoms with Crippen LogP contribution in [0.2, 0.25) is 0 Å². The average Bonchev–Trinajstić information content (AvgIpc) is 2.54. The normalized spacial score (nSPS) is 11.0. The van der Waals surface area contributed by atoms with Crippen molar-refractivity contribution in [1.29, 1.82) is 0 Å². The summed E-state index contributed by atoms with van der Waals surface area (Å²) in [4.78, 5) is 7.17. The maximum absolute atomic E-state index is 5.85. The molecule has 2 N–H and O–H groups in total. The van der Waals surface area contributed by atoms with Crippen molar-refractivity contribution in [2.45, 2.75) is 46.1 Å². The summed E-state index contributed by atoms with van der Waals surface area (Å²) in [7, 11) is 0. The number of nitrogens with two attached hydrogens (primary N) is 1. The highest BCUT2D eigenvalue weighted by molar-refractivity contribution is 5.94. The topological polar surface area (TPSA) is 42.2 Å². The van der Waals surface area contributed by atoms with E-state index in [9.17, 15) is 0 Å². The van der Waals surface area contributed by atoms with E-state index in [-0.39, 0.29) is 0 Å². The maximum atomic E-state index is 5.85. The second-order valence-corrected chi connectivity index (χ2v) is 5.55. The van der Waals surface area contributed by atoms with Gasteiger partial charge in [0.2, 0.25) is 0 Å². The van der Waals surface area contributed by atoms with Gasteiger partial charge >= 0.3 is 0 Å². The highest BCUT2D eigenvalue weighted by Gasteiger charge is 2.12. The molecule has 0 aliphatic heterocycles. The number of rotatable bonds is 8. The molecule has 0 unspecified atom stereocenters. The number of hydrogen-bond donors (Lipinski definition) is 1. The largest absolute Gasteiger partial charge is 0.356 e. The van der Waals surface area contributed by atoms with Crippen LogP contribution in [0.4, 0.5) is 5.82 Å². The predicted molar refractivity (Wildman–Crippen MR) is 91.7 cm³/mol. The van der Waals surface area contributed by atoms with E-state index in [1.54, 1.807) is 0 Å². The number of unbranched alkanes of at least 4 members (excludes halogenated alkanes) is 2. The van der Waals surface area contributed by atoms with E-state index in [1.807, 2.05) is 6.20 Å². The molecule has 0 saturated heterocycles. The maximum Gasteiger partial charge on any atom is 0.136 e. The minimum atomic E-state index is 0.539. The Kier molecular flexibility index (Phi) is 6.00. The molecule has 0 aliphatic rings. The van der Waals surface area contributed by atoms with E-state index in [4.69, 9.17) is 10.7 Å². The molecule has 0 amide bonds. The molecule has 3 nitrogen and oxygen atoms in total. The lowest BCUT2D eigenvalue weighted by molar-refractivity contribution is 0.673. The van der Waals surface area contributed by atoms with Gasteiger partial charge in [-0.1, -0.05) is 51.0 Å². The van der Waals surface area contributed by atoms with Crippen LogP contribution in [0.15, 0.2) is 30.5 Å². The van der Waals surface area contributed by atoms with Gasteiger partial charge in [-0.25, -0.2) is 4.98 Å². The first kappa shape index (κ1) is 15.8. The summed E-state index contributed by atoms with van der Waals surface area (Å²) in [5.74, 6) is 1.12. The van der Waals surface area contributed by atoms with E-state index < -0.39 is 0 Å². The fraction of sp³-hybridized carbons (Fsp3) is 0.500. The molecular formula is C18H27N3. The van der Waals surface area contributed by atoms with Crippen LogP contribution < -0.4 is 10.6 Å². The first-order valence-corrected chi connectivity index (χ1v) is 8.13. The summed E-state index contributed by atoms with van der Waals surface area (Å²) in [5, 5.41) is 2.47. The zero-order valence-electron chi connectivity index (χ0n) is 13.3. The molecule has 1 aromatic heterocycles. The van der Waals surface area contributed by atoms with Crippen LogP contribution in [0.5, 0.6) is 0 Å². The Balaban J connectivity index is 2.41. The average molecular weight is 285 g/mol. The minimum Gasteiger partial charge on any atom is -0.356 e. The number of hydrogen-bond acceptors (Lipinski definition) is 3. The van der Waals surface area contributed by atoms with Crippen molar-refractivity contribution < 1.29 is 0 Å². The Morgan fingerprint density at radius 2 is 1.62 bits per heavy atom. The summed E-state index contributed by atoms with van der Waals surface area (Å²) >= 11 is 0. The summed E-state index contributed by atoms with van der Waals surface area (Å²) in [6.45, 7) is 7.17. The summed E-state index contributed by atoms with van der Waals surface area (Å²) in [5.41, 5.74) is 6.97. The van der Waals surface area contributed by atoms with E-state index in [1.165, 1.54) is 36.5 Å². The third-order valence-electron chi connectivity index (χ3n) is 3.94. The van der Waals surface area contributed by atoms with Crippen LogP contribution in [0.1, 0.15) is 45.1 Å². The minimum absolute atomic E-state index is 0.539. The fourth-order valence-corrected chi connectivity index (χ4v) is 2.67. The first-order valence-electron chi connectivity index (χ1n) is 8.13. The Labute approximate surface area is 128 Å². The molecule has 2 rings (SSSR count). The van der Waals surface area contributed by atoms with Gasteiger partial charge in [-0.05, 0) is 23.8 Å². The third-order valence-corrected chi connectivity index (χ3v) is 3.94. The van der Waals surface area contributed by atoms with Gasteiger partial charge in [-0.3, -0.25) is 0 Å². The van der Waals surface area contributed by atoms with E-state index in [0.717, 1.165) is 24.5 Å². The van der Waals surface area contributed by atoms with Gasteiger partial charge in [-0.15, -0.1) is 0 Å². The number of anilines is 1. The number of benzene rings is 1. The van der Waals surface area contributed by atoms with Gasteiger partial charge in [-0.2, -0.15) is 0 Å². The van der Waals surface area contributed by atoms with E-state index >= 15 is 0 Å². The number of aromatic nitrogens is 1. The molecule has 0 fully saturated rings. The Bertz CT molecular complexity index is 557. The quantitative estimate of drug-likeness (QED) is 0.794. The first-order chi connectivity index (χ1) is 10.3. The Hall–Kier alpha value is -1.61. The van der Waals surface area contributed by atoms with Gasteiger partial charge in [0.15, 0.2) is 0 Å². The monoisotopic (exact) mass is 285 g/mol. The molecule has 0 bridgehead atoms. The highest BCUT2D eigenvalue weighted by Crippen LogP contribution is 2.27. The molecule has 0 aliphatic carbocycles. The number of pyridine rings is 1. The SMILES string of the molecule is CCCCN(CCCC)c1ncc(CN)c2ccccc12. The molecule has 0 radical (unpaired) electrons. The Morgan fingerprint density at radius 1 is 1.00 bits per heavy atom. The lowest BCUT2D eigenvalue weighted by Gasteiger charge is -2.25. The van der Waals surface area contributed by atoms with Crippen LogP contribution in [-0.2, 0) is 6.54 Å². The lowest BCUT2D eigenvalue weighted by Crippen LogP contribution is -2.27. The zero-order valence-corrected chi connectivity index (χ0v) is 13.3. The van der Waals surface area contributed by atoms with Crippen molar-refractivity contribution in [3.8, 4) is 0 Å². The van der Waals surface area contributed by atoms with Crippen LogP contribution in [0, 0.1) is 0 Å². The highest BCUT2D eigenvalue weighted by atomic mass is 15.2. The van der Waals surface area contributed by atoms with E-state index in [0.29, 0.717) is 6.54 Å². The smallest absolute Gasteiger partial charge is 0.136 e. The molecule has 2 aromatic rings. The molecule has 0 atom stereocenters. The molecular weight excluding hydrogens is 258 g/mol. The number of nitrogens with zero attached hydrogens (tertiary/aromatic N) is 2. The fourth-order valence-electron chi connectivity index (χ4n) is 2.67. The van der Waals surface area contributed by atoms with Crippen LogP contribution >= 0.6 is 0 Å². The van der Waals surface area contributed by atoms with Gasteiger partial charge < -0.3 is 10.6 Å². The zero-order chi connectivity index (χ0) is 15.1. The van der Waals surface area contributed by atoms with Crippen LogP contribution in [0.3, 0.4) is 0 Å². The predicted octanol–water partition coefficient (Wildman–Crippen LogP) is 4.10. The second kappa shape index (κ2) is 7.99. The molecule has 0 saturated carbocycles.